The molecule has 0 bridgehead atoms. The molecule has 1 aromatic carbocycles. The summed E-state index contributed by atoms with van der Waals surface area (Å²) in [6.07, 6.45) is 1.61. The van der Waals surface area contributed by atoms with E-state index in [4.69, 9.17) is 4.74 Å². The molecule has 8 nitrogen and oxygen atoms in total. The second-order valence-electron chi connectivity index (χ2n) is 7.53. The van der Waals surface area contributed by atoms with E-state index in [-0.39, 0.29) is 11.8 Å². The lowest BCUT2D eigenvalue weighted by Gasteiger charge is -2.27. The molecule has 0 aliphatic carbocycles. The Hall–Kier alpha value is -3.17. The molecule has 0 spiro atoms. The zero-order chi connectivity index (χ0) is 22.7. The smallest absolute Gasteiger partial charge is 0.279 e. The van der Waals surface area contributed by atoms with E-state index in [1.54, 1.807) is 24.0 Å². The largest absolute Gasteiger partial charge is 0.378 e. The Labute approximate surface area is 191 Å². The summed E-state index contributed by atoms with van der Waals surface area (Å²) >= 11 is 1.54. The van der Waals surface area contributed by atoms with Gasteiger partial charge >= 0.3 is 0 Å². The number of benzene rings is 1. The highest BCUT2D eigenvalue weighted by molar-refractivity contribution is 7.99. The molecule has 1 aliphatic rings. The lowest BCUT2D eigenvalue weighted by molar-refractivity contribution is -0.114. The van der Waals surface area contributed by atoms with Gasteiger partial charge in [0, 0.05) is 36.8 Å². The van der Waals surface area contributed by atoms with Crippen LogP contribution in [0.3, 0.4) is 0 Å². The number of nitrogens with zero attached hydrogens (tertiary/aromatic N) is 4. The number of aromatic nitrogens is 3. The highest BCUT2D eigenvalue weighted by Gasteiger charge is 2.20. The van der Waals surface area contributed by atoms with E-state index in [9.17, 15) is 9.59 Å². The molecular formula is C23H25N5O3S. The van der Waals surface area contributed by atoms with Crippen LogP contribution in [0.4, 0.5) is 11.5 Å². The molecule has 0 unspecified atom stereocenters. The Morgan fingerprint density at radius 2 is 1.78 bits per heavy atom. The van der Waals surface area contributed by atoms with Crippen molar-refractivity contribution >= 4 is 35.1 Å². The summed E-state index contributed by atoms with van der Waals surface area (Å²) in [6.45, 7) is 8.22. The fraction of sp³-hybridized carbons (Fsp3) is 0.304. The van der Waals surface area contributed by atoms with E-state index in [0.29, 0.717) is 18.8 Å². The van der Waals surface area contributed by atoms with Gasteiger partial charge in [0.25, 0.3) is 5.91 Å². The molecule has 2 aromatic heterocycles. The van der Waals surface area contributed by atoms with Gasteiger partial charge in [0.15, 0.2) is 0 Å². The van der Waals surface area contributed by atoms with Crippen molar-refractivity contribution in [3.63, 3.8) is 0 Å². The SMILES string of the molecule is CC(=O)Nc1ccc(Sc2c(C)nn(C(=O)c3ccc(N4CCOCC4)nc3)c2C)cc1. The van der Waals surface area contributed by atoms with Gasteiger partial charge in [-0.25, -0.2) is 4.98 Å². The molecule has 0 atom stereocenters. The predicted octanol–water partition coefficient (Wildman–Crippen LogP) is 3.53. The average Bonchev–Trinajstić information content (AvgIpc) is 3.08. The van der Waals surface area contributed by atoms with Gasteiger partial charge in [-0.15, -0.1) is 0 Å². The molecule has 9 heteroatoms. The maximum Gasteiger partial charge on any atom is 0.279 e. The van der Waals surface area contributed by atoms with E-state index >= 15 is 0 Å². The van der Waals surface area contributed by atoms with Gasteiger partial charge in [-0.1, -0.05) is 11.8 Å². The normalized spacial score (nSPS) is 13.8. The summed E-state index contributed by atoms with van der Waals surface area (Å²) < 4.78 is 6.82. The van der Waals surface area contributed by atoms with E-state index in [1.165, 1.54) is 11.6 Å². The summed E-state index contributed by atoms with van der Waals surface area (Å²) in [5, 5.41) is 7.24. The van der Waals surface area contributed by atoms with Crippen molar-refractivity contribution in [2.45, 2.75) is 30.6 Å². The maximum absolute atomic E-state index is 13.1. The molecule has 1 aliphatic heterocycles. The van der Waals surface area contributed by atoms with Crippen molar-refractivity contribution in [1.82, 2.24) is 14.8 Å². The van der Waals surface area contributed by atoms with Crippen molar-refractivity contribution in [1.29, 1.82) is 0 Å². The average molecular weight is 452 g/mol. The third-order valence-electron chi connectivity index (χ3n) is 5.14. The number of morpholine rings is 1. The zero-order valence-electron chi connectivity index (χ0n) is 18.3. The van der Waals surface area contributed by atoms with E-state index in [0.717, 1.165) is 45.8 Å². The van der Waals surface area contributed by atoms with Gasteiger partial charge in [0.2, 0.25) is 5.91 Å². The number of anilines is 2. The number of nitrogens with one attached hydrogen (secondary N) is 1. The first-order chi connectivity index (χ1) is 15.4. The van der Waals surface area contributed by atoms with E-state index in [1.807, 2.05) is 44.2 Å². The lowest BCUT2D eigenvalue weighted by atomic mass is 10.2. The molecule has 1 fully saturated rings. The second kappa shape index (κ2) is 9.54. The number of hydrogen-bond donors (Lipinski definition) is 1. The highest BCUT2D eigenvalue weighted by Crippen LogP contribution is 2.33. The third-order valence-corrected chi connectivity index (χ3v) is 6.44. The molecule has 0 saturated carbocycles. The van der Waals surface area contributed by atoms with Gasteiger partial charge in [-0.3, -0.25) is 9.59 Å². The molecule has 32 heavy (non-hydrogen) atoms. The van der Waals surface area contributed by atoms with Crippen LogP contribution in [-0.2, 0) is 9.53 Å². The standard InChI is InChI=1S/C23H25N5O3S/c1-15-22(32-20-7-5-19(6-8-20)25-17(3)29)16(2)28(26-15)23(30)18-4-9-21(24-14-18)27-10-12-31-13-11-27/h4-9,14H,10-13H2,1-3H3,(H,25,29). The Bertz CT molecular complexity index is 1120. The molecule has 1 amide bonds. The zero-order valence-corrected chi connectivity index (χ0v) is 19.1. The van der Waals surface area contributed by atoms with E-state index < -0.39 is 0 Å². The molecule has 3 aromatic rings. The van der Waals surface area contributed by atoms with Gasteiger partial charge in [0.1, 0.15) is 5.82 Å². The Morgan fingerprint density at radius 1 is 1.06 bits per heavy atom. The summed E-state index contributed by atoms with van der Waals surface area (Å²) in [4.78, 5) is 32.8. The van der Waals surface area contributed by atoms with Crippen molar-refractivity contribution in [3.8, 4) is 0 Å². The number of rotatable bonds is 5. The summed E-state index contributed by atoms with van der Waals surface area (Å²) in [6, 6.07) is 11.2. The van der Waals surface area contributed by atoms with Crippen molar-refractivity contribution in [2.75, 3.05) is 36.5 Å². The lowest BCUT2D eigenvalue weighted by Crippen LogP contribution is -2.36. The molecule has 0 radical (unpaired) electrons. The van der Waals surface area contributed by atoms with Gasteiger partial charge < -0.3 is 15.0 Å². The van der Waals surface area contributed by atoms with Gasteiger partial charge in [-0.2, -0.15) is 9.78 Å². The van der Waals surface area contributed by atoms with Crippen LogP contribution in [0, 0.1) is 13.8 Å². The Kier molecular flexibility index (Phi) is 6.57. The van der Waals surface area contributed by atoms with Crippen LogP contribution in [0.1, 0.15) is 28.7 Å². The number of amides is 1. The van der Waals surface area contributed by atoms with Gasteiger partial charge in [-0.05, 0) is 50.2 Å². The van der Waals surface area contributed by atoms with Gasteiger partial charge in [0.05, 0.1) is 35.1 Å². The molecule has 3 heterocycles. The van der Waals surface area contributed by atoms with Crippen molar-refractivity contribution in [3.05, 3.63) is 59.5 Å². The number of carbonyl (C=O) groups is 2. The number of ether oxygens (including phenoxy) is 1. The van der Waals surface area contributed by atoms with Crippen molar-refractivity contribution in [2.24, 2.45) is 0 Å². The topological polar surface area (TPSA) is 89.4 Å². The summed E-state index contributed by atoms with van der Waals surface area (Å²) in [7, 11) is 0. The van der Waals surface area contributed by atoms with Crippen molar-refractivity contribution < 1.29 is 14.3 Å². The fourth-order valence-corrected chi connectivity index (χ4v) is 4.45. The first-order valence-electron chi connectivity index (χ1n) is 10.4. The molecule has 1 N–H and O–H groups in total. The third kappa shape index (κ3) is 4.84. The highest BCUT2D eigenvalue weighted by atomic mass is 32.2. The Morgan fingerprint density at radius 3 is 2.41 bits per heavy atom. The minimum atomic E-state index is -0.209. The number of hydrogen-bond acceptors (Lipinski definition) is 7. The minimum absolute atomic E-state index is 0.107. The molecule has 166 valence electrons. The quantitative estimate of drug-likeness (QED) is 0.635. The van der Waals surface area contributed by atoms with Crippen LogP contribution in [0.5, 0.6) is 0 Å². The fourth-order valence-electron chi connectivity index (χ4n) is 3.52. The van der Waals surface area contributed by atoms with E-state index in [2.05, 4.69) is 20.3 Å². The maximum atomic E-state index is 13.1. The minimum Gasteiger partial charge on any atom is -0.378 e. The van der Waals surface area contributed by atoms with Crippen LogP contribution in [0.2, 0.25) is 0 Å². The van der Waals surface area contributed by atoms with Crippen LogP contribution in [0.15, 0.2) is 52.4 Å². The molecule has 1 saturated heterocycles. The summed E-state index contributed by atoms with van der Waals surface area (Å²) in [5.41, 5.74) is 2.79. The monoisotopic (exact) mass is 451 g/mol. The first kappa shape index (κ1) is 22.0. The van der Waals surface area contributed by atoms with Crippen LogP contribution in [-0.4, -0.2) is 52.9 Å². The van der Waals surface area contributed by atoms with Crippen LogP contribution >= 0.6 is 11.8 Å². The second-order valence-corrected chi connectivity index (χ2v) is 8.61. The molecule has 4 rings (SSSR count). The summed E-state index contributed by atoms with van der Waals surface area (Å²) in [5.74, 6) is 0.529. The van der Waals surface area contributed by atoms with Crippen LogP contribution < -0.4 is 10.2 Å². The Balaban J connectivity index is 1.50. The molecular weight excluding hydrogens is 426 g/mol. The number of pyridine rings is 1. The number of aryl methyl sites for hydroxylation is 1. The first-order valence-corrected chi connectivity index (χ1v) is 11.2. The predicted molar refractivity (Wildman–Crippen MR) is 124 cm³/mol. The number of carbonyl (C=O) groups excluding carboxylic acids is 2. The van der Waals surface area contributed by atoms with Crippen LogP contribution in [0.25, 0.3) is 0 Å².